The van der Waals surface area contributed by atoms with Gasteiger partial charge in [0.05, 0.1) is 17.9 Å². The SMILES string of the molecule is O=C1Nc2cccc(CO)c2C1=O. The Morgan fingerprint density at radius 2 is 2.08 bits per heavy atom. The molecule has 1 aromatic rings. The van der Waals surface area contributed by atoms with Crippen LogP contribution in [0.2, 0.25) is 0 Å². The van der Waals surface area contributed by atoms with E-state index in [4.69, 9.17) is 5.11 Å². The number of rotatable bonds is 1. The zero-order valence-electron chi connectivity index (χ0n) is 6.70. The molecule has 0 unspecified atom stereocenters. The third kappa shape index (κ3) is 1.03. The molecule has 0 saturated heterocycles. The summed E-state index contributed by atoms with van der Waals surface area (Å²) in [5, 5.41) is 11.3. The Kier molecular flexibility index (Phi) is 1.63. The lowest BCUT2D eigenvalue weighted by molar-refractivity contribution is -0.112. The van der Waals surface area contributed by atoms with Crippen molar-refractivity contribution >= 4 is 17.4 Å². The number of hydrogen-bond donors (Lipinski definition) is 2. The predicted molar refractivity (Wildman–Crippen MR) is 45.3 cm³/mol. The quantitative estimate of drug-likeness (QED) is 0.607. The van der Waals surface area contributed by atoms with Crippen LogP contribution in [-0.4, -0.2) is 16.8 Å². The van der Waals surface area contributed by atoms with Crippen LogP contribution in [-0.2, 0) is 11.4 Å². The molecule has 0 saturated carbocycles. The van der Waals surface area contributed by atoms with Gasteiger partial charge in [-0.1, -0.05) is 12.1 Å². The lowest BCUT2D eigenvalue weighted by atomic mass is 10.0. The molecule has 1 heterocycles. The highest BCUT2D eigenvalue weighted by molar-refractivity contribution is 6.52. The Balaban J connectivity index is 2.64. The van der Waals surface area contributed by atoms with Gasteiger partial charge in [-0.05, 0) is 11.6 Å². The van der Waals surface area contributed by atoms with E-state index >= 15 is 0 Å². The molecule has 4 heteroatoms. The number of aliphatic hydroxyl groups excluding tert-OH is 1. The first-order chi connectivity index (χ1) is 6.24. The fourth-order valence-corrected chi connectivity index (χ4v) is 1.40. The Bertz CT molecular complexity index is 398. The van der Waals surface area contributed by atoms with Gasteiger partial charge in [-0.25, -0.2) is 0 Å². The second kappa shape index (κ2) is 2.67. The Morgan fingerprint density at radius 1 is 1.31 bits per heavy atom. The second-order valence-corrected chi connectivity index (χ2v) is 2.78. The van der Waals surface area contributed by atoms with Crippen molar-refractivity contribution in [2.75, 3.05) is 5.32 Å². The minimum absolute atomic E-state index is 0.232. The molecule has 0 aliphatic carbocycles. The summed E-state index contributed by atoms with van der Waals surface area (Å²) in [5.41, 5.74) is 1.28. The minimum Gasteiger partial charge on any atom is -0.392 e. The third-order valence-electron chi connectivity index (χ3n) is 2.00. The summed E-state index contributed by atoms with van der Waals surface area (Å²) >= 11 is 0. The number of nitrogens with one attached hydrogen (secondary N) is 1. The van der Waals surface area contributed by atoms with E-state index in [9.17, 15) is 9.59 Å². The van der Waals surface area contributed by atoms with Crippen LogP contribution in [0.5, 0.6) is 0 Å². The van der Waals surface area contributed by atoms with Crippen LogP contribution in [0.4, 0.5) is 5.69 Å². The maximum Gasteiger partial charge on any atom is 0.296 e. The van der Waals surface area contributed by atoms with E-state index in [1.54, 1.807) is 18.2 Å². The van der Waals surface area contributed by atoms with E-state index in [1.165, 1.54) is 0 Å². The molecule has 0 aromatic heterocycles. The number of hydrogen-bond acceptors (Lipinski definition) is 3. The van der Waals surface area contributed by atoms with Crippen molar-refractivity contribution in [2.24, 2.45) is 0 Å². The summed E-state index contributed by atoms with van der Waals surface area (Å²) in [4.78, 5) is 22.2. The molecular formula is C9H7NO3. The number of aliphatic hydroxyl groups is 1. The number of ketones is 1. The third-order valence-corrected chi connectivity index (χ3v) is 2.00. The first-order valence-electron chi connectivity index (χ1n) is 3.82. The van der Waals surface area contributed by atoms with Crippen molar-refractivity contribution in [1.82, 2.24) is 0 Å². The molecule has 1 aliphatic rings. The molecule has 66 valence electrons. The van der Waals surface area contributed by atoms with Gasteiger partial charge in [-0.15, -0.1) is 0 Å². The average molecular weight is 177 g/mol. The molecule has 1 aromatic carbocycles. The molecule has 1 aliphatic heterocycles. The highest BCUT2D eigenvalue weighted by Crippen LogP contribution is 2.25. The Morgan fingerprint density at radius 3 is 2.77 bits per heavy atom. The van der Waals surface area contributed by atoms with Crippen LogP contribution in [0, 0.1) is 0 Å². The van der Waals surface area contributed by atoms with Gasteiger partial charge >= 0.3 is 0 Å². The van der Waals surface area contributed by atoms with Crippen molar-refractivity contribution in [3.8, 4) is 0 Å². The van der Waals surface area contributed by atoms with Gasteiger partial charge in [-0.2, -0.15) is 0 Å². The van der Waals surface area contributed by atoms with Gasteiger partial charge < -0.3 is 10.4 Å². The van der Waals surface area contributed by atoms with E-state index in [1.807, 2.05) is 0 Å². The van der Waals surface area contributed by atoms with Gasteiger partial charge in [0.2, 0.25) is 0 Å². The van der Waals surface area contributed by atoms with Gasteiger partial charge in [0.25, 0.3) is 11.7 Å². The van der Waals surface area contributed by atoms with Crippen LogP contribution >= 0.6 is 0 Å². The Hall–Kier alpha value is -1.68. The van der Waals surface area contributed by atoms with Crippen molar-refractivity contribution in [3.63, 3.8) is 0 Å². The fraction of sp³-hybridized carbons (Fsp3) is 0.111. The van der Waals surface area contributed by atoms with Crippen molar-refractivity contribution in [3.05, 3.63) is 29.3 Å². The predicted octanol–water partition coefficient (Wildman–Crippen LogP) is 0.314. The molecule has 4 nitrogen and oxygen atoms in total. The maximum absolute atomic E-state index is 11.3. The highest BCUT2D eigenvalue weighted by Gasteiger charge is 2.29. The number of anilines is 1. The summed E-state index contributed by atoms with van der Waals surface area (Å²) in [6.45, 7) is -0.232. The lowest BCUT2D eigenvalue weighted by Gasteiger charge is -2.00. The molecule has 0 bridgehead atoms. The number of fused-ring (bicyclic) bond motifs is 1. The van der Waals surface area contributed by atoms with Crippen LogP contribution in [0.25, 0.3) is 0 Å². The summed E-state index contributed by atoms with van der Waals surface area (Å²) < 4.78 is 0. The largest absolute Gasteiger partial charge is 0.392 e. The molecule has 13 heavy (non-hydrogen) atoms. The van der Waals surface area contributed by atoms with Crippen molar-refractivity contribution < 1.29 is 14.7 Å². The number of Topliss-reactive ketones (excluding diaryl/α,β-unsaturated/α-hetero) is 1. The van der Waals surface area contributed by atoms with E-state index in [-0.39, 0.29) is 6.61 Å². The van der Waals surface area contributed by atoms with Gasteiger partial charge in [0.15, 0.2) is 0 Å². The van der Waals surface area contributed by atoms with Crippen LogP contribution in [0.1, 0.15) is 15.9 Å². The molecule has 2 N–H and O–H groups in total. The van der Waals surface area contributed by atoms with Crippen molar-refractivity contribution in [1.29, 1.82) is 0 Å². The molecular weight excluding hydrogens is 170 g/mol. The van der Waals surface area contributed by atoms with Crippen LogP contribution < -0.4 is 5.32 Å². The second-order valence-electron chi connectivity index (χ2n) is 2.78. The monoisotopic (exact) mass is 177 g/mol. The number of benzene rings is 1. The zero-order valence-corrected chi connectivity index (χ0v) is 6.70. The molecule has 2 rings (SSSR count). The molecule has 0 radical (unpaired) electrons. The smallest absolute Gasteiger partial charge is 0.296 e. The molecule has 0 spiro atoms. The van der Waals surface area contributed by atoms with Gasteiger partial charge in [-0.3, -0.25) is 9.59 Å². The maximum atomic E-state index is 11.3. The normalized spacial score (nSPS) is 14.2. The summed E-state index contributed by atoms with van der Waals surface area (Å²) in [6, 6.07) is 4.94. The number of carbonyl (C=O) groups is 2. The molecule has 0 atom stereocenters. The van der Waals surface area contributed by atoms with E-state index in [0.717, 1.165) is 0 Å². The van der Waals surface area contributed by atoms with E-state index in [0.29, 0.717) is 16.8 Å². The van der Waals surface area contributed by atoms with Crippen LogP contribution in [0.3, 0.4) is 0 Å². The zero-order chi connectivity index (χ0) is 9.42. The summed E-state index contributed by atoms with van der Waals surface area (Å²) in [6.07, 6.45) is 0. The van der Waals surface area contributed by atoms with Crippen molar-refractivity contribution in [2.45, 2.75) is 6.61 Å². The first kappa shape index (κ1) is 7.94. The van der Waals surface area contributed by atoms with Crippen LogP contribution in [0.15, 0.2) is 18.2 Å². The van der Waals surface area contributed by atoms with Gasteiger partial charge in [0, 0.05) is 0 Å². The summed E-state index contributed by atoms with van der Waals surface area (Å²) in [5.74, 6) is -1.20. The number of amides is 1. The standard InChI is InChI=1S/C9H7NO3/c11-4-5-2-1-3-6-7(5)8(12)9(13)10-6/h1-3,11H,4H2,(H,10,12,13). The fourth-order valence-electron chi connectivity index (χ4n) is 1.40. The van der Waals surface area contributed by atoms with E-state index in [2.05, 4.69) is 5.32 Å². The van der Waals surface area contributed by atoms with Gasteiger partial charge in [0.1, 0.15) is 0 Å². The number of carbonyl (C=O) groups excluding carboxylic acids is 2. The first-order valence-corrected chi connectivity index (χ1v) is 3.82. The molecule has 0 fully saturated rings. The highest BCUT2D eigenvalue weighted by atomic mass is 16.3. The average Bonchev–Trinajstić information content (AvgIpc) is 2.43. The molecule has 1 amide bonds. The lowest BCUT2D eigenvalue weighted by Crippen LogP contribution is -2.13. The topological polar surface area (TPSA) is 66.4 Å². The van der Waals surface area contributed by atoms with E-state index < -0.39 is 11.7 Å². The summed E-state index contributed by atoms with van der Waals surface area (Å²) in [7, 11) is 0. The Labute approximate surface area is 74.2 Å². The minimum atomic E-state index is -0.629.